The minimum Gasteiger partial charge on any atom is -0.493 e. The molecule has 3 aromatic rings. The van der Waals surface area contributed by atoms with Gasteiger partial charge in [0, 0.05) is 5.33 Å². The molecule has 0 saturated heterocycles. The molecule has 0 amide bonds. The molecular formula is C24H19BrO4. The van der Waals surface area contributed by atoms with Crippen molar-refractivity contribution < 1.29 is 19.1 Å². The van der Waals surface area contributed by atoms with Gasteiger partial charge < -0.3 is 9.47 Å². The number of carbonyl (C=O) groups is 2. The van der Waals surface area contributed by atoms with Crippen LogP contribution in [-0.2, 0) is 4.79 Å². The highest BCUT2D eigenvalue weighted by atomic mass is 79.9. The van der Waals surface area contributed by atoms with Gasteiger partial charge in [0.1, 0.15) is 11.5 Å². The molecule has 4 rings (SSSR count). The van der Waals surface area contributed by atoms with Gasteiger partial charge in [-0.3, -0.25) is 9.59 Å². The van der Waals surface area contributed by atoms with E-state index in [1.807, 2.05) is 54.6 Å². The molecule has 4 nitrogen and oxygen atoms in total. The molecule has 146 valence electrons. The van der Waals surface area contributed by atoms with Crippen LogP contribution in [0.4, 0.5) is 0 Å². The molecule has 0 aliphatic carbocycles. The number of hydrogen-bond acceptors (Lipinski definition) is 4. The van der Waals surface area contributed by atoms with Gasteiger partial charge in [-0.15, -0.1) is 0 Å². The lowest BCUT2D eigenvalue weighted by molar-refractivity contribution is -0.121. The Balaban J connectivity index is 1.48. The van der Waals surface area contributed by atoms with Crippen molar-refractivity contribution in [1.82, 2.24) is 0 Å². The Morgan fingerprint density at radius 1 is 1.10 bits per heavy atom. The van der Waals surface area contributed by atoms with Crippen molar-refractivity contribution in [1.29, 1.82) is 0 Å². The molecule has 1 heterocycles. The monoisotopic (exact) mass is 450 g/mol. The lowest BCUT2D eigenvalue weighted by Gasteiger charge is -2.24. The number of rotatable bonds is 6. The van der Waals surface area contributed by atoms with Crippen molar-refractivity contribution in [2.75, 3.05) is 11.9 Å². The van der Waals surface area contributed by atoms with Crippen LogP contribution >= 0.6 is 15.9 Å². The normalized spacial score (nSPS) is 15.9. The topological polar surface area (TPSA) is 52.6 Å². The molecule has 1 aliphatic rings. The molecule has 0 fully saturated rings. The summed E-state index contributed by atoms with van der Waals surface area (Å²) < 4.78 is 11.4. The summed E-state index contributed by atoms with van der Waals surface area (Å²) >= 11 is 3.32. The van der Waals surface area contributed by atoms with E-state index in [0.717, 1.165) is 27.4 Å². The second kappa shape index (κ2) is 8.62. The van der Waals surface area contributed by atoms with E-state index in [0.29, 0.717) is 17.9 Å². The van der Waals surface area contributed by atoms with Gasteiger partial charge >= 0.3 is 0 Å². The third-order valence-electron chi connectivity index (χ3n) is 4.79. The molecule has 0 saturated carbocycles. The Morgan fingerprint density at radius 2 is 1.90 bits per heavy atom. The fourth-order valence-corrected chi connectivity index (χ4v) is 3.54. The molecule has 3 aromatic carbocycles. The molecule has 5 heteroatoms. The zero-order valence-corrected chi connectivity index (χ0v) is 17.2. The third kappa shape index (κ3) is 4.25. The second-order valence-electron chi connectivity index (χ2n) is 6.74. The molecule has 0 bridgehead atoms. The molecular weight excluding hydrogens is 432 g/mol. The summed E-state index contributed by atoms with van der Waals surface area (Å²) in [7, 11) is 0. The predicted molar refractivity (Wildman–Crippen MR) is 117 cm³/mol. The maximum Gasteiger partial charge on any atom is 0.196 e. The molecule has 1 unspecified atom stereocenters. The van der Waals surface area contributed by atoms with E-state index in [2.05, 4.69) is 15.9 Å². The van der Waals surface area contributed by atoms with Crippen molar-refractivity contribution in [2.45, 2.75) is 12.5 Å². The molecule has 0 radical (unpaired) electrons. The van der Waals surface area contributed by atoms with Gasteiger partial charge in [0.2, 0.25) is 0 Å². The molecule has 29 heavy (non-hydrogen) atoms. The first-order chi connectivity index (χ1) is 14.2. The Morgan fingerprint density at radius 3 is 2.69 bits per heavy atom. The average Bonchev–Trinajstić information content (AvgIpc) is 2.76. The van der Waals surface area contributed by atoms with Crippen LogP contribution in [0.25, 0.3) is 16.8 Å². The molecule has 0 aromatic heterocycles. The lowest BCUT2D eigenvalue weighted by atomic mass is 9.93. The Labute approximate surface area is 177 Å². The third-order valence-corrected chi connectivity index (χ3v) is 5.12. The number of Topliss-reactive ketones (excluding diaryl/α,β-unsaturated/α-hetero) is 1. The number of carbonyl (C=O) groups excluding carboxylic acids is 2. The van der Waals surface area contributed by atoms with Crippen LogP contribution < -0.4 is 9.47 Å². The highest BCUT2D eigenvalue weighted by Gasteiger charge is 2.31. The summed E-state index contributed by atoms with van der Waals surface area (Å²) in [4.78, 5) is 25.3. The van der Waals surface area contributed by atoms with Crippen molar-refractivity contribution in [3.8, 4) is 11.5 Å². The number of halogens is 1. The van der Waals surface area contributed by atoms with Crippen LogP contribution in [-0.4, -0.2) is 29.6 Å². The Hall–Kier alpha value is -2.92. The summed E-state index contributed by atoms with van der Waals surface area (Å²) in [5, 5.41) is 2.61. The standard InChI is InChI=1S/C24H19BrO4/c25-13-14-28-18-9-5-16(6-10-18)7-11-20(26)23-15-21(27)24-19-4-2-1-3-17(19)8-12-22(24)29-23/h1-12,23H,13-15H2. The number of hydrogen-bond donors (Lipinski definition) is 0. The maximum absolute atomic E-state index is 12.7. The van der Waals surface area contributed by atoms with E-state index in [9.17, 15) is 9.59 Å². The second-order valence-corrected chi connectivity index (χ2v) is 7.53. The molecule has 1 aliphatic heterocycles. The molecule has 1 atom stereocenters. The van der Waals surface area contributed by atoms with Crippen molar-refractivity contribution in [3.63, 3.8) is 0 Å². The summed E-state index contributed by atoms with van der Waals surface area (Å²) in [5.74, 6) is 0.956. The van der Waals surface area contributed by atoms with Gasteiger partial charge in [-0.2, -0.15) is 0 Å². The van der Waals surface area contributed by atoms with Crippen LogP contribution in [0.5, 0.6) is 11.5 Å². The zero-order valence-electron chi connectivity index (χ0n) is 15.6. The fourth-order valence-electron chi connectivity index (χ4n) is 3.38. The van der Waals surface area contributed by atoms with E-state index in [-0.39, 0.29) is 18.0 Å². The SMILES string of the molecule is O=C1CC(C(=O)C=Cc2ccc(OCCBr)cc2)Oc2ccc3ccccc3c21. The molecule has 0 spiro atoms. The van der Waals surface area contributed by atoms with Crippen LogP contribution in [0.2, 0.25) is 0 Å². The summed E-state index contributed by atoms with van der Waals surface area (Å²) in [6.07, 6.45) is 2.44. The first kappa shape index (κ1) is 19.4. The van der Waals surface area contributed by atoms with E-state index in [1.54, 1.807) is 12.1 Å². The van der Waals surface area contributed by atoms with Gasteiger partial charge in [-0.1, -0.05) is 64.5 Å². The van der Waals surface area contributed by atoms with Crippen LogP contribution in [0.1, 0.15) is 22.3 Å². The van der Waals surface area contributed by atoms with Gasteiger partial charge in [-0.25, -0.2) is 0 Å². The maximum atomic E-state index is 12.7. The van der Waals surface area contributed by atoms with Crippen molar-refractivity contribution in [2.24, 2.45) is 0 Å². The highest BCUT2D eigenvalue weighted by Crippen LogP contribution is 2.34. The number of fused-ring (bicyclic) bond motifs is 3. The van der Waals surface area contributed by atoms with E-state index in [1.165, 1.54) is 6.08 Å². The van der Waals surface area contributed by atoms with Gasteiger partial charge in [0.25, 0.3) is 0 Å². The molecule has 0 N–H and O–H groups in total. The van der Waals surface area contributed by atoms with E-state index >= 15 is 0 Å². The summed E-state index contributed by atoms with van der Waals surface area (Å²) in [6, 6.07) is 18.8. The fraction of sp³-hybridized carbons (Fsp3) is 0.167. The number of benzene rings is 3. The van der Waals surface area contributed by atoms with Crippen LogP contribution in [0, 0.1) is 0 Å². The minimum atomic E-state index is -0.797. The van der Waals surface area contributed by atoms with Gasteiger partial charge in [-0.05, 0) is 40.6 Å². The van der Waals surface area contributed by atoms with E-state index in [4.69, 9.17) is 9.47 Å². The first-order valence-corrected chi connectivity index (χ1v) is 10.5. The number of ketones is 2. The summed E-state index contributed by atoms with van der Waals surface area (Å²) in [5.41, 5.74) is 1.44. The quantitative estimate of drug-likeness (QED) is 0.381. The number of ether oxygens (including phenoxy) is 2. The zero-order chi connectivity index (χ0) is 20.2. The Kier molecular flexibility index (Phi) is 5.76. The lowest BCUT2D eigenvalue weighted by Crippen LogP contribution is -2.33. The average molecular weight is 451 g/mol. The Bertz CT molecular complexity index is 1090. The largest absolute Gasteiger partial charge is 0.493 e. The first-order valence-electron chi connectivity index (χ1n) is 9.38. The smallest absolute Gasteiger partial charge is 0.196 e. The van der Waals surface area contributed by atoms with E-state index < -0.39 is 6.10 Å². The minimum absolute atomic E-state index is 0.0451. The number of alkyl halides is 1. The predicted octanol–water partition coefficient (Wildman–Crippen LogP) is 5.23. The highest BCUT2D eigenvalue weighted by molar-refractivity contribution is 9.09. The van der Waals surface area contributed by atoms with Gasteiger partial charge in [0.15, 0.2) is 17.7 Å². The van der Waals surface area contributed by atoms with Crippen LogP contribution in [0.15, 0.2) is 66.7 Å². The van der Waals surface area contributed by atoms with Gasteiger partial charge in [0.05, 0.1) is 18.6 Å². The summed E-state index contributed by atoms with van der Waals surface area (Å²) in [6.45, 7) is 0.595. The van der Waals surface area contributed by atoms with Crippen LogP contribution in [0.3, 0.4) is 0 Å². The van der Waals surface area contributed by atoms with Crippen molar-refractivity contribution in [3.05, 3.63) is 77.9 Å². The van der Waals surface area contributed by atoms with Crippen molar-refractivity contribution >= 4 is 44.3 Å².